The highest BCUT2D eigenvalue weighted by Crippen LogP contribution is 2.27. The zero-order chi connectivity index (χ0) is 16.9. The number of carbonyl (C=O) groups is 1. The molecule has 1 aliphatic heterocycles. The first-order chi connectivity index (χ1) is 11.7. The standard InChI is InChI=1S/C17H20BrN3O3/c1-2-23-17(22)12-7-9-21(10-8-12)11-15-19-20-16(24-15)13-5-3-4-6-14(13)18/h3-6,12H,2,7-11H2,1H3. The van der Waals surface area contributed by atoms with Crippen LogP contribution >= 0.6 is 15.9 Å². The smallest absolute Gasteiger partial charge is 0.309 e. The Morgan fingerprint density at radius 1 is 1.33 bits per heavy atom. The minimum Gasteiger partial charge on any atom is -0.466 e. The van der Waals surface area contributed by atoms with Gasteiger partial charge in [0.25, 0.3) is 0 Å². The van der Waals surface area contributed by atoms with E-state index in [9.17, 15) is 4.79 Å². The Kier molecular flexibility index (Phi) is 5.63. The molecule has 1 aromatic carbocycles. The average Bonchev–Trinajstić information content (AvgIpc) is 3.04. The molecular formula is C17H20BrN3O3. The maximum absolute atomic E-state index is 11.8. The van der Waals surface area contributed by atoms with E-state index in [-0.39, 0.29) is 11.9 Å². The number of benzene rings is 1. The Labute approximate surface area is 149 Å². The third kappa shape index (κ3) is 4.02. The molecule has 1 fully saturated rings. The van der Waals surface area contributed by atoms with Crippen molar-refractivity contribution in [3.05, 3.63) is 34.6 Å². The largest absolute Gasteiger partial charge is 0.466 e. The van der Waals surface area contributed by atoms with Gasteiger partial charge in [0.05, 0.1) is 24.6 Å². The average molecular weight is 394 g/mol. The van der Waals surface area contributed by atoms with Gasteiger partial charge in [-0.15, -0.1) is 10.2 Å². The van der Waals surface area contributed by atoms with Crippen molar-refractivity contribution in [2.45, 2.75) is 26.3 Å². The summed E-state index contributed by atoms with van der Waals surface area (Å²) in [6.45, 7) is 4.55. The summed E-state index contributed by atoms with van der Waals surface area (Å²) >= 11 is 3.49. The molecule has 3 rings (SSSR count). The van der Waals surface area contributed by atoms with Crippen molar-refractivity contribution in [1.82, 2.24) is 15.1 Å². The molecule has 1 aromatic heterocycles. The maximum atomic E-state index is 11.8. The molecule has 1 aliphatic rings. The van der Waals surface area contributed by atoms with Gasteiger partial charge in [-0.1, -0.05) is 12.1 Å². The van der Waals surface area contributed by atoms with Gasteiger partial charge in [-0.25, -0.2) is 0 Å². The summed E-state index contributed by atoms with van der Waals surface area (Å²) in [5, 5.41) is 8.27. The summed E-state index contributed by atoms with van der Waals surface area (Å²) in [6, 6.07) is 7.76. The number of carbonyl (C=O) groups excluding carboxylic acids is 1. The number of esters is 1. The second-order valence-electron chi connectivity index (χ2n) is 5.78. The normalized spacial score (nSPS) is 16.2. The molecule has 0 unspecified atom stereocenters. The molecule has 2 heterocycles. The Morgan fingerprint density at radius 3 is 2.79 bits per heavy atom. The summed E-state index contributed by atoms with van der Waals surface area (Å²) in [4.78, 5) is 14.0. The van der Waals surface area contributed by atoms with Crippen LogP contribution in [0.4, 0.5) is 0 Å². The first-order valence-electron chi connectivity index (χ1n) is 8.13. The molecule has 0 bridgehead atoms. The molecule has 128 valence electrons. The van der Waals surface area contributed by atoms with Crippen LogP contribution in [0.25, 0.3) is 11.5 Å². The number of hydrogen-bond acceptors (Lipinski definition) is 6. The molecule has 24 heavy (non-hydrogen) atoms. The quantitative estimate of drug-likeness (QED) is 0.726. The Hall–Kier alpha value is -1.73. The lowest BCUT2D eigenvalue weighted by molar-refractivity contribution is -0.149. The molecule has 6 nitrogen and oxygen atoms in total. The van der Waals surface area contributed by atoms with Gasteiger partial charge >= 0.3 is 5.97 Å². The van der Waals surface area contributed by atoms with Crippen molar-refractivity contribution in [3.8, 4) is 11.5 Å². The fourth-order valence-corrected chi connectivity index (χ4v) is 3.29. The Morgan fingerprint density at radius 2 is 2.08 bits per heavy atom. The van der Waals surface area contributed by atoms with Crippen LogP contribution < -0.4 is 0 Å². The van der Waals surface area contributed by atoms with Gasteiger partial charge in [-0.05, 0) is 60.9 Å². The van der Waals surface area contributed by atoms with Gasteiger partial charge in [0.15, 0.2) is 0 Å². The van der Waals surface area contributed by atoms with Crippen LogP contribution in [0.15, 0.2) is 33.2 Å². The fourth-order valence-electron chi connectivity index (χ4n) is 2.84. The van der Waals surface area contributed by atoms with E-state index in [0.29, 0.717) is 24.9 Å². The molecule has 0 N–H and O–H groups in total. The number of nitrogens with zero attached hydrogens (tertiary/aromatic N) is 3. The van der Waals surface area contributed by atoms with Crippen molar-refractivity contribution in [2.24, 2.45) is 5.92 Å². The van der Waals surface area contributed by atoms with Crippen LogP contribution in [0, 0.1) is 5.92 Å². The second kappa shape index (κ2) is 7.90. The van der Waals surface area contributed by atoms with Crippen LogP contribution in [-0.2, 0) is 16.1 Å². The lowest BCUT2D eigenvalue weighted by atomic mass is 9.97. The highest BCUT2D eigenvalue weighted by atomic mass is 79.9. The highest BCUT2D eigenvalue weighted by molar-refractivity contribution is 9.10. The number of piperidine rings is 1. The number of likely N-dealkylation sites (tertiary alicyclic amines) is 1. The highest BCUT2D eigenvalue weighted by Gasteiger charge is 2.26. The lowest BCUT2D eigenvalue weighted by Crippen LogP contribution is -2.36. The molecule has 1 saturated heterocycles. The predicted octanol–water partition coefficient (Wildman–Crippen LogP) is 3.27. The summed E-state index contributed by atoms with van der Waals surface area (Å²) in [5.41, 5.74) is 0.886. The maximum Gasteiger partial charge on any atom is 0.309 e. The van der Waals surface area contributed by atoms with Crippen LogP contribution in [0.1, 0.15) is 25.7 Å². The SMILES string of the molecule is CCOC(=O)C1CCN(Cc2nnc(-c3ccccc3Br)o2)CC1. The first kappa shape index (κ1) is 17.1. The summed E-state index contributed by atoms with van der Waals surface area (Å²) in [5.74, 6) is 1.04. The Bertz CT molecular complexity index is 696. The van der Waals surface area contributed by atoms with Gasteiger partial charge in [-0.2, -0.15) is 0 Å². The van der Waals surface area contributed by atoms with E-state index in [0.717, 1.165) is 36.0 Å². The zero-order valence-electron chi connectivity index (χ0n) is 13.6. The molecule has 2 aromatic rings. The van der Waals surface area contributed by atoms with E-state index in [4.69, 9.17) is 9.15 Å². The number of aromatic nitrogens is 2. The van der Waals surface area contributed by atoms with Crippen LogP contribution in [0.3, 0.4) is 0 Å². The van der Waals surface area contributed by atoms with Crippen LogP contribution in [0.5, 0.6) is 0 Å². The minimum absolute atomic E-state index is 0.0136. The van der Waals surface area contributed by atoms with Gasteiger partial charge in [0.1, 0.15) is 0 Å². The summed E-state index contributed by atoms with van der Waals surface area (Å²) in [7, 11) is 0. The van der Waals surface area contributed by atoms with Crippen molar-refractivity contribution >= 4 is 21.9 Å². The molecular weight excluding hydrogens is 374 g/mol. The number of ether oxygens (including phenoxy) is 1. The zero-order valence-corrected chi connectivity index (χ0v) is 15.2. The lowest BCUT2D eigenvalue weighted by Gasteiger charge is -2.29. The number of rotatable bonds is 5. The van der Waals surface area contributed by atoms with Crippen molar-refractivity contribution in [2.75, 3.05) is 19.7 Å². The molecule has 0 aliphatic carbocycles. The van der Waals surface area contributed by atoms with E-state index in [1.807, 2.05) is 31.2 Å². The predicted molar refractivity (Wildman–Crippen MR) is 92.1 cm³/mol. The number of hydrogen-bond donors (Lipinski definition) is 0. The monoisotopic (exact) mass is 393 g/mol. The fraction of sp³-hybridized carbons (Fsp3) is 0.471. The summed E-state index contributed by atoms with van der Waals surface area (Å²) in [6.07, 6.45) is 1.62. The minimum atomic E-state index is -0.0776. The van der Waals surface area contributed by atoms with E-state index in [2.05, 4.69) is 31.0 Å². The molecule has 0 spiro atoms. The van der Waals surface area contributed by atoms with Crippen molar-refractivity contribution in [3.63, 3.8) is 0 Å². The molecule has 0 atom stereocenters. The van der Waals surface area contributed by atoms with Crippen LogP contribution in [-0.4, -0.2) is 40.8 Å². The third-order valence-electron chi connectivity index (χ3n) is 4.14. The summed E-state index contributed by atoms with van der Waals surface area (Å²) < 4.78 is 11.8. The van der Waals surface area contributed by atoms with Gasteiger partial charge in [0.2, 0.25) is 11.8 Å². The van der Waals surface area contributed by atoms with E-state index < -0.39 is 0 Å². The van der Waals surface area contributed by atoms with Crippen molar-refractivity contribution in [1.29, 1.82) is 0 Å². The molecule has 7 heteroatoms. The van der Waals surface area contributed by atoms with Crippen LogP contribution in [0.2, 0.25) is 0 Å². The first-order valence-corrected chi connectivity index (χ1v) is 8.93. The third-order valence-corrected chi connectivity index (χ3v) is 4.83. The van der Waals surface area contributed by atoms with Crippen molar-refractivity contribution < 1.29 is 13.9 Å². The second-order valence-corrected chi connectivity index (χ2v) is 6.64. The van der Waals surface area contributed by atoms with Gasteiger partial charge < -0.3 is 9.15 Å². The van der Waals surface area contributed by atoms with Gasteiger partial charge in [0, 0.05) is 4.47 Å². The molecule has 0 saturated carbocycles. The Balaban J connectivity index is 1.57. The number of halogens is 1. The van der Waals surface area contributed by atoms with Gasteiger partial charge in [-0.3, -0.25) is 9.69 Å². The molecule has 0 amide bonds. The molecule has 0 radical (unpaired) electrons. The van der Waals surface area contributed by atoms with E-state index >= 15 is 0 Å². The topological polar surface area (TPSA) is 68.5 Å². The van der Waals surface area contributed by atoms with E-state index in [1.54, 1.807) is 0 Å². The van der Waals surface area contributed by atoms with E-state index in [1.165, 1.54) is 0 Å².